The van der Waals surface area contributed by atoms with Crippen LogP contribution in [0.5, 0.6) is 0 Å². The van der Waals surface area contributed by atoms with Gasteiger partial charge in [0.15, 0.2) is 0 Å². The molecule has 2 N–H and O–H groups in total. The van der Waals surface area contributed by atoms with Crippen molar-refractivity contribution < 1.29 is 18.4 Å². The third-order valence-electron chi connectivity index (χ3n) is 2.23. The highest BCUT2D eigenvalue weighted by molar-refractivity contribution is 6.39. The lowest BCUT2D eigenvalue weighted by molar-refractivity contribution is -0.136. The number of carbonyl (C=O) groups excluding carboxylic acids is 2. The minimum Gasteiger partial charge on any atom is -0.463 e. The third kappa shape index (κ3) is 3.52. The van der Waals surface area contributed by atoms with Crippen molar-refractivity contribution in [1.82, 2.24) is 5.43 Å². The van der Waals surface area contributed by atoms with Gasteiger partial charge in [0.2, 0.25) is 0 Å². The number of para-hydroxylation sites is 1. The van der Waals surface area contributed by atoms with Crippen LogP contribution in [0.3, 0.4) is 0 Å². The van der Waals surface area contributed by atoms with E-state index in [1.54, 1.807) is 12.1 Å². The fourth-order valence-electron chi connectivity index (χ4n) is 1.31. The number of hydrogen-bond acceptors (Lipinski definition) is 4. The zero-order chi connectivity index (χ0) is 14.4. The molecule has 0 atom stereocenters. The van der Waals surface area contributed by atoms with Crippen molar-refractivity contribution in [1.29, 1.82) is 0 Å². The fourth-order valence-corrected chi connectivity index (χ4v) is 1.31. The molecule has 0 aliphatic carbocycles. The Balaban J connectivity index is 1.89. The number of nitrogens with one attached hydrogen (secondary N) is 2. The molecule has 1 heterocycles. The van der Waals surface area contributed by atoms with E-state index in [1.807, 2.05) is 5.43 Å². The summed E-state index contributed by atoms with van der Waals surface area (Å²) in [6, 6.07) is 8.78. The van der Waals surface area contributed by atoms with E-state index in [-0.39, 0.29) is 5.69 Å². The molecule has 2 amide bonds. The number of hydrogen-bond donors (Lipinski definition) is 2. The van der Waals surface area contributed by atoms with Gasteiger partial charge in [0.05, 0.1) is 18.2 Å². The monoisotopic (exact) mass is 275 g/mol. The molecule has 0 saturated heterocycles. The predicted molar refractivity (Wildman–Crippen MR) is 69.5 cm³/mol. The molecule has 20 heavy (non-hydrogen) atoms. The lowest BCUT2D eigenvalue weighted by Crippen LogP contribution is -2.32. The molecule has 0 saturated carbocycles. The Kier molecular flexibility index (Phi) is 4.23. The van der Waals surface area contributed by atoms with Gasteiger partial charge in [-0.1, -0.05) is 12.1 Å². The zero-order valence-electron chi connectivity index (χ0n) is 10.2. The van der Waals surface area contributed by atoms with E-state index in [1.165, 1.54) is 36.7 Å². The summed E-state index contributed by atoms with van der Waals surface area (Å²) in [5, 5.41) is 5.66. The first-order chi connectivity index (χ1) is 9.66. The predicted octanol–water partition coefficient (Wildman–Crippen LogP) is 1.51. The van der Waals surface area contributed by atoms with Crippen molar-refractivity contribution in [3.8, 4) is 0 Å². The summed E-state index contributed by atoms with van der Waals surface area (Å²) in [5.41, 5.74) is 1.92. The van der Waals surface area contributed by atoms with Crippen LogP contribution in [-0.4, -0.2) is 18.0 Å². The normalized spacial score (nSPS) is 10.4. The van der Waals surface area contributed by atoms with Crippen molar-refractivity contribution in [2.45, 2.75) is 0 Å². The van der Waals surface area contributed by atoms with Crippen molar-refractivity contribution in [2.24, 2.45) is 5.10 Å². The van der Waals surface area contributed by atoms with Crippen LogP contribution >= 0.6 is 0 Å². The zero-order valence-corrected chi connectivity index (χ0v) is 10.2. The van der Waals surface area contributed by atoms with Gasteiger partial charge < -0.3 is 9.73 Å². The minimum absolute atomic E-state index is 0.0809. The number of benzene rings is 1. The van der Waals surface area contributed by atoms with Crippen LogP contribution in [0.2, 0.25) is 0 Å². The van der Waals surface area contributed by atoms with E-state index in [9.17, 15) is 14.0 Å². The first kappa shape index (κ1) is 13.5. The van der Waals surface area contributed by atoms with Crippen molar-refractivity contribution >= 4 is 23.7 Å². The standard InChI is InChI=1S/C13H10FN3O3/c14-10-5-1-2-6-11(10)16-12(18)13(19)17-15-8-9-4-3-7-20-9/h1-8H,(H,16,18)(H,17,19)/b15-8-. The van der Waals surface area contributed by atoms with E-state index < -0.39 is 17.6 Å². The second-order valence-corrected chi connectivity index (χ2v) is 3.65. The van der Waals surface area contributed by atoms with Crippen LogP contribution in [0.15, 0.2) is 52.2 Å². The molecule has 0 aliphatic heterocycles. The molecule has 1 aromatic heterocycles. The summed E-state index contributed by atoms with van der Waals surface area (Å²) in [4.78, 5) is 22.9. The second kappa shape index (κ2) is 6.28. The molecule has 2 aromatic rings. The van der Waals surface area contributed by atoms with Crippen molar-refractivity contribution in [3.05, 3.63) is 54.2 Å². The van der Waals surface area contributed by atoms with Gasteiger partial charge in [-0.05, 0) is 24.3 Å². The first-order valence-electron chi connectivity index (χ1n) is 5.59. The Bertz CT molecular complexity index is 638. The molecule has 0 aliphatic rings. The Hall–Kier alpha value is -2.96. The second-order valence-electron chi connectivity index (χ2n) is 3.65. The summed E-state index contributed by atoms with van der Waals surface area (Å²) in [5.74, 6) is -2.25. The van der Waals surface area contributed by atoms with Gasteiger partial charge in [-0.15, -0.1) is 0 Å². The van der Waals surface area contributed by atoms with Crippen LogP contribution in [0.4, 0.5) is 10.1 Å². The molecular weight excluding hydrogens is 265 g/mol. The average molecular weight is 275 g/mol. The van der Waals surface area contributed by atoms with Gasteiger partial charge in [-0.3, -0.25) is 9.59 Å². The number of nitrogens with zero attached hydrogens (tertiary/aromatic N) is 1. The molecule has 102 valence electrons. The molecule has 1 aromatic carbocycles. The van der Waals surface area contributed by atoms with Gasteiger partial charge in [0.1, 0.15) is 11.6 Å². The summed E-state index contributed by atoms with van der Waals surface area (Å²) in [6.45, 7) is 0. The number of anilines is 1. The lowest BCUT2D eigenvalue weighted by Gasteiger charge is -2.04. The molecule has 0 bridgehead atoms. The summed E-state index contributed by atoms with van der Waals surface area (Å²) < 4.78 is 18.2. The van der Waals surface area contributed by atoms with Gasteiger partial charge in [-0.25, -0.2) is 9.82 Å². The topological polar surface area (TPSA) is 83.7 Å². The highest BCUT2D eigenvalue weighted by atomic mass is 19.1. The Morgan fingerprint density at radius 2 is 1.95 bits per heavy atom. The Morgan fingerprint density at radius 1 is 1.15 bits per heavy atom. The highest BCUT2D eigenvalue weighted by Gasteiger charge is 2.14. The molecule has 0 radical (unpaired) electrons. The van der Waals surface area contributed by atoms with Crippen LogP contribution in [0.25, 0.3) is 0 Å². The number of halogens is 1. The SMILES string of the molecule is O=C(N/N=C\c1ccco1)C(=O)Nc1ccccc1F. The van der Waals surface area contributed by atoms with E-state index in [0.717, 1.165) is 0 Å². The average Bonchev–Trinajstić information content (AvgIpc) is 2.94. The quantitative estimate of drug-likeness (QED) is 0.506. The number of carbonyl (C=O) groups is 2. The molecule has 0 spiro atoms. The molecule has 2 rings (SSSR count). The first-order valence-corrected chi connectivity index (χ1v) is 5.59. The molecular formula is C13H10FN3O3. The van der Waals surface area contributed by atoms with E-state index in [0.29, 0.717) is 5.76 Å². The molecule has 7 heteroatoms. The molecule has 6 nitrogen and oxygen atoms in total. The van der Waals surface area contributed by atoms with Gasteiger partial charge in [0.25, 0.3) is 0 Å². The lowest BCUT2D eigenvalue weighted by atomic mass is 10.3. The van der Waals surface area contributed by atoms with E-state index in [4.69, 9.17) is 4.42 Å². The number of amides is 2. The maximum atomic E-state index is 13.3. The van der Waals surface area contributed by atoms with Crippen molar-refractivity contribution in [2.75, 3.05) is 5.32 Å². The van der Waals surface area contributed by atoms with Gasteiger partial charge in [0, 0.05) is 0 Å². The maximum Gasteiger partial charge on any atom is 0.329 e. The number of rotatable bonds is 3. The number of furan rings is 1. The van der Waals surface area contributed by atoms with Gasteiger partial charge in [-0.2, -0.15) is 5.10 Å². The van der Waals surface area contributed by atoms with E-state index in [2.05, 4.69) is 10.4 Å². The summed E-state index contributed by atoms with van der Waals surface area (Å²) in [6.07, 6.45) is 2.67. The largest absolute Gasteiger partial charge is 0.463 e. The third-order valence-corrected chi connectivity index (χ3v) is 2.23. The van der Waals surface area contributed by atoms with Gasteiger partial charge >= 0.3 is 11.8 Å². The van der Waals surface area contributed by atoms with Crippen LogP contribution in [-0.2, 0) is 9.59 Å². The minimum atomic E-state index is -1.02. The molecule has 0 unspecified atom stereocenters. The maximum absolute atomic E-state index is 13.3. The van der Waals surface area contributed by atoms with Crippen molar-refractivity contribution in [3.63, 3.8) is 0 Å². The van der Waals surface area contributed by atoms with E-state index >= 15 is 0 Å². The number of hydrazone groups is 1. The Morgan fingerprint density at radius 3 is 2.65 bits per heavy atom. The Labute approximate surface area is 113 Å². The van der Waals surface area contributed by atoms with Crippen LogP contribution < -0.4 is 10.7 Å². The highest BCUT2D eigenvalue weighted by Crippen LogP contribution is 2.11. The smallest absolute Gasteiger partial charge is 0.329 e. The van der Waals surface area contributed by atoms with Crippen LogP contribution in [0.1, 0.15) is 5.76 Å². The fraction of sp³-hybridized carbons (Fsp3) is 0. The van der Waals surface area contributed by atoms with Crippen LogP contribution in [0, 0.1) is 5.82 Å². The summed E-state index contributed by atoms with van der Waals surface area (Å²) >= 11 is 0. The summed E-state index contributed by atoms with van der Waals surface area (Å²) in [7, 11) is 0. The molecule has 0 fully saturated rings.